The molecule has 0 saturated carbocycles. The number of carbonyl (C=O) groups is 1. The number of nitrogens with zero attached hydrogens (tertiary/aromatic N) is 1. The van der Waals surface area contributed by atoms with Gasteiger partial charge in [-0.25, -0.2) is 4.79 Å². The van der Waals surface area contributed by atoms with Crippen LogP contribution >= 0.6 is 0 Å². The number of carbonyl (C=O) groups excluding carboxylic acids is 1. The molecule has 1 aliphatic heterocycles. The van der Waals surface area contributed by atoms with Crippen LogP contribution in [0, 0.1) is 0 Å². The molecule has 0 radical (unpaired) electrons. The molecule has 19 heavy (non-hydrogen) atoms. The standard InChI is InChI=1S/C16H23NO2/c1-15(2,3)19-14(18)17-12-8-11-16(17,4)13-9-6-5-7-10-13/h5-7,9-10H,8,11-12H2,1-4H3. The fourth-order valence-electron chi connectivity index (χ4n) is 2.67. The van der Waals surface area contributed by atoms with Crippen LogP contribution in [0.15, 0.2) is 30.3 Å². The van der Waals surface area contributed by atoms with Gasteiger partial charge in [0.2, 0.25) is 0 Å². The van der Waals surface area contributed by atoms with Crippen molar-refractivity contribution in [2.45, 2.75) is 51.7 Å². The average Bonchev–Trinajstić information content (AvgIpc) is 2.72. The summed E-state index contributed by atoms with van der Waals surface area (Å²) in [6.45, 7) is 8.60. The molecule has 1 amide bonds. The molecule has 2 rings (SSSR count). The van der Waals surface area contributed by atoms with E-state index in [0.717, 1.165) is 19.4 Å². The third-order valence-electron chi connectivity index (χ3n) is 3.65. The predicted molar refractivity (Wildman–Crippen MR) is 76.0 cm³/mol. The molecule has 1 atom stereocenters. The highest BCUT2D eigenvalue weighted by molar-refractivity contribution is 5.70. The molecule has 0 aromatic heterocycles. The molecule has 1 unspecified atom stereocenters. The number of hydrogen-bond acceptors (Lipinski definition) is 2. The zero-order valence-electron chi connectivity index (χ0n) is 12.3. The van der Waals surface area contributed by atoms with E-state index in [1.165, 1.54) is 5.56 Å². The van der Waals surface area contributed by atoms with Gasteiger partial charge in [-0.2, -0.15) is 0 Å². The SMILES string of the molecule is CC(C)(C)OC(=O)N1CCCC1(C)c1ccccc1. The van der Waals surface area contributed by atoms with Crippen LogP contribution < -0.4 is 0 Å². The molecule has 3 nitrogen and oxygen atoms in total. The summed E-state index contributed by atoms with van der Waals surface area (Å²) in [7, 11) is 0. The molecule has 0 spiro atoms. The number of likely N-dealkylation sites (tertiary alicyclic amines) is 1. The minimum atomic E-state index is -0.447. The highest BCUT2D eigenvalue weighted by Crippen LogP contribution is 2.39. The summed E-state index contributed by atoms with van der Waals surface area (Å²) in [5.74, 6) is 0. The minimum absolute atomic E-state index is 0.212. The maximum Gasteiger partial charge on any atom is 0.411 e. The van der Waals surface area contributed by atoms with Crippen LogP contribution in [-0.2, 0) is 10.3 Å². The van der Waals surface area contributed by atoms with Crippen LogP contribution in [0.5, 0.6) is 0 Å². The van der Waals surface area contributed by atoms with E-state index < -0.39 is 5.60 Å². The van der Waals surface area contributed by atoms with Gasteiger partial charge >= 0.3 is 6.09 Å². The lowest BCUT2D eigenvalue weighted by Crippen LogP contribution is -2.45. The molecule has 3 heteroatoms. The lowest BCUT2D eigenvalue weighted by Gasteiger charge is -2.36. The summed E-state index contributed by atoms with van der Waals surface area (Å²) in [6.07, 6.45) is 1.79. The number of amides is 1. The van der Waals surface area contributed by atoms with Crippen molar-refractivity contribution in [3.63, 3.8) is 0 Å². The second kappa shape index (κ2) is 4.87. The molecule has 1 aromatic carbocycles. The molecule has 1 aromatic rings. The topological polar surface area (TPSA) is 29.5 Å². The van der Waals surface area contributed by atoms with Crippen LogP contribution in [0.1, 0.15) is 46.1 Å². The fraction of sp³-hybridized carbons (Fsp3) is 0.562. The number of rotatable bonds is 1. The van der Waals surface area contributed by atoms with Crippen molar-refractivity contribution in [2.75, 3.05) is 6.54 Å². The minimum Gasteiger partial charge on any atom is -0.444 e. The van der Waals surface area contributed by atoms with Crippen LogP contribution in [0.2, 0.25) is 0 Å². The van der Waals surface area contributed by atoms with Crippen LogP contribution in [-0.4, -0.2) is 23.1 Å². The Morgan fingerprint density at radius 3 is 2.47 bits per heavy atom. The highest BCUT2D eigenvalue weighted by Gasteiger charge is 2.42. The van der Waals surface area contributed by atoms with Crippen molar-refractivity contribution in [3.05, 3.63) is 35.9 Å². The van der Waals surface area contributed by atoms with E-state index in [2.05, 4.69) is 19.1 Å². The zero-order chi connectivity index (χ0) is 14.1. The van der Waals surface area contributed by atoms with Crippen molar-refractivity contribution in [1.82, 2.24) is 4.90 Å². The molecule has 1 aliphatic rings. The van der Waals surface area contributed by atoms with Gasteiger partial charge in [0.25, 0.3) is 0 Å². The Labute approximate surface area is 115 Å². The van der Waals surface area contributed by atoms with E-state index >= 15 is 0 Å². The van der Waals surface area contributed by atoms with E-state index in [4.69, 9.17) is 4.74 Å². The molecule has 1 saturated heterocycles. The quantitative estimate of drug-likeness (QED) is 0.766. The van der Waals surface area contributed by atoms with Crippen molar-refractivity contribution < 1.29 is 9.53 Å². The Hall–Kier alpha value is -1.51. The maximum atomic E-state index is 12.4. The molecular formula is C16H23NO2. The Bertz CT molecular complexity index is 450. The fourth-order valence-corrected chi connectivity index (χ4v) is 2.67. The second-order valence-corrected chi connectivity index (χ2v) is 6.38. The van der Waals surface area contributed by atoms with Gasteiger partial charge in [0.1, 0.15) is 5.60 Å². The van der Waals surface area contributed by atoms with Crippen LogP contribution in [0.3, 0.4) is 0 Å². The zero-order valence-corrected chi connectivity index (χ0v) is 12.3. The summed E-state index contributed by atoms with van der Waals surface area (Å²) in [4.78, 5) is 14.2. The number of hydrogen-bond donors (Lipinski definition) is 0. The summed E-state index contributed by atoms with van der Waals surface area (Å²) < 4.78 is 5.53. The lowest BCUT2D eigenvalue weighted by molar-refractivity contribution is 0.00994. The van der Waals surface area contributed by atoms with E-state index in [0.29, 0.717) is 0 Å². The third kappa shape index (κ3) is 2.91. The smallest absolute Gasteiger partial charge is 0.411 e. The van der Waals surface area contributed by atoms with Gasteiger partial charge in [-0.1, -0.05) is 30.3 Å². The molecule has 0 aliphatic carbocycles. The first kappa shape index (κ1) is 13.9. The first-order chi connectivity index (χ1) is 8.83. The normalized spacial score (nSPS) is 23.5. The molecular weight excluding hydrogens is 238 g/mol. The van der Waals surface area contributed by atoms with E-state index in [1.807, 2.05) is 43.9 Å². The molecule has 104 valence electrons. The van der Waals surface area contributed by atoms with Crippen LogP contribution in [0.4, 0.5) is 4.79 Å². The lowest BCUT2D eigenvalue weighted by atomic mass is 9.89. The first-order valence-corrected chi connectivity index (χ1v) is 6.89. The highest BCUT2D eigenvalue weighted by atomic mass is 16.6. The Morgan fingerprint density at radius 2 is 1.89 bits per heavy atom. The second-order valence-electron chi connectivity index (χ2n) is 6.38. The van der Waals surface area contributed by atoms with E-state index in [1.54, 1.807) is 0 Å². The summed E-state index contributed by atoms with van der Waals surface area (Å²) >= 11 is 0. The average molecular weight is 261 g/mol. The van der Waals surface area contributed by atoms with Gasteiger partial charge in [-0.3, -0.25) is 4.90 Å². The van der Waals surface area contributed by atoms with Gasteiger partial charge in [0, 0.05) is 6.54 Å². The van der Waals surface area contributed by atoms with Crippen molar-refractivity contribution in [2.24, 2.45) is 0 Å². The molecule has 0 bridgehead atoms. The van der Waals surface area contributed by atoms with Gasteiger partial charge in [-0.15, -0.1) is 0 Å². The monoisotopic (exact) mass is 261 g/mol. The predicted octanol–water partition coefficient (Wildman–Crippen LogP) is 3.93. The van der Waals surface area contributed by atoms with E-state index in [-0.39, 0.29) is 11.6 Å². The number of benzene rings is 1. The Kier molecular flexibility index (Phi) is 3.57. The molecule has 1 heterocycles. The maximum absolute atomic E-state index is 12.4. The van der Waals surface area contributed by atoms with Crippen molar-refractivity contribution >= 4 is 6.09 Å². The Balaban J connectivity index is 2.24. The molecule has 1 fully saturated rings. The molecule has 0 N–H and O–H groups in total. The largest absolute Gasteiger partial charge is 0.444 e. The van der Waals surface area contributed by atoms with E-state index in [9.17, 15) is 4.79 Å². The van der Waals surface area contributed by atoms with Gasteiger partial charge < -0.3 is 4.74 Å². The Morgan fingerprint density at radius 1 is 1.26 bits per heavy atom. The number of ether oxygens (including phenoxy) is 1. The van der Waals surface area contributed by atoms with Crippen LogP contribution in [0.25, 0.3) is 0 Å². The third-order valence-corrected chi connectivity index (χ3v) is 3.65. The summed E-state index contributed by atoms with van der Waals surface area (Å²) in [5, 5.41) is 0. The van der Waals surface area contributed by atoms with Gasteiger partial charge in [0.15, 0.2) is 0 Å². The van der Waals surface area contributed by atoms with Crippen molar-refractivity contribution in [3.8, 4) is 0 Å². The summed E-state index contributed by atoms with van der Waals surface area (Å²) in [6, 6.07) is 10.2. The first-order valence-electron chi connectivity index (χ1n) is 6.89. The van der Waals surface area contributed by atoms with Gasteiger partial charge in [-0.05, 0) is 46.1 Å². The summed E-state index contributed by atoms with van der Waals surface area (Å²) in [5.41, 5.74) is 0.485. The van der Waals surface area contributed by atoms with Crippen molar-refractivity contribution in [1.29, 1.82) is 0 Å². The van der Waals surface area contributed by atoms with Gasteiger partial charge in [0.05, 0.1) is 5.54 Å².